The van der Waals surface area contributed by atoms with E-state index < -0.39 is 5.97 Å². The van der Waals surface area contributed by atoms with Crippen molar-refractivity contribution < 1.29 is 14.3 Å². The van der Waals surface area contributed by atoms with Crippen LogP contribution in [-0.2, 0) is 6.42 Å². The Morgan fingerprint density at radius 3 is 3.09 bits per heavy atom. The minimum Gasteiger partial charge on any atom is -0.542 e. The van der Waals surface area contributed by atoms with Crippen LogP contribution in [0.15, 0.2) is 29.4 Å². The van der Waals surface area contributed by atoms with Gasteiger partial charge in [0.1, 0.15) is 5.97 Å². The fourth-order valence-electron chi connectivity index (χ4n) is 0.831. The predicted molar refractivity (Wildman–Crippen MR) is 36.9 cm³/mol. The molecule has 11 heavy (non-hydrogen) atoms. The van der Waals surface area contributed by atoms with Crippen LogP contribution < -0.4 is 5.11 Å². The van der Waals surface area contributed by atoms with Crippen LogP contribution in [0.5, 0.6) is 0 Å². The summed E-state index contributed by atoms with van der Waals surface area (Å²) in [7, 11) is 0. The van der Waals surface area contributed by atoms with Crippen molar-refractivity contribution in [3.8, 4) is 0 Å². The van der Waals surface area contributed by atoms with Gasteiger partial charge < -0.3 is 14.3 Å². The molecular weight excluding hydrogens is 144 g/mol. The Morgan fingerprint density at radius 2 is 2.55 bits per heavy atom. The monoisotopic (exact) mass is 151 g/mol. The van der Waals surface area contributed by atoms with E-state index >= 15 is 0 Å². The number of hydrogen-bond donors (Lipinski definition) is 0. The number of allylic oxidation sites excluding steroid dienone is 1. The maximum absolute atomic E-state index is 10.3. The minimum atomic E-state index is -1.29. The van der Waals surface area contributed by atoms with E-state index in [4.69, 9.17) is 0 Å². The Bertz CT molecular complexity index is 273. The summed E-state index contributed by atoms with van der Waals surface area (Å²) in [6.45, 7) is 3.48. The van der Waals surface area contributed by atoms with Gasteiger partial charge in [-0.15, -0.1) is 6.58 Å². The van der Waals surface area contributed by atoms with Crippen molar-refractivity contribution in [2.75, 3.05) is 0 Å². The normalized spacial score (nSPS) is 9.45. The molecule has 0 saturated heterocycles. The maximum Gasteiger partial charge on any atom is 0.152 e. The molecule has 0 atom stereocenters. The van der Waals surface area contributed by atoms with E-state index in [1.165, 1.54) is 6.26 Å². The number of carbonyl (C=O) groups excluding carboxylic acids is 1. The molecule has 0 bridgehead atoms. The highest BCUT2D eigenvalue weighted by Gasteiger charge is 2.04. The molecule has 0 saturated carbocycles. The standard InChI is InChI=1S/C8H8O3/c1-2-3-6-4-5-11-7(6)8(9)10/h2,4-5H,1,3H2,(H,9,10)/p-1. The van der Waals surface area contributed by atoms with E-state index in [-0.39, 0.29) is 5.76 Å². The van der Waals surface area contributed by atoms with Gasteiger partial charge in [-0.2, -0.15) is 0 Å². The Balaban J connectivity index is 2.95. The molecular formula is C8H7O3-. The van der Waals surface area contributed by atoms with E-state index in [1.54, 1.807) is 12.1 Å². The second-order valence-electron chi connectivity index (χ2n) is 2.06. The molecule has 58 valence electrons. The van der Waals surface area contributed by atoms with Crippen LogP contribution in [-0.4, -0.2) is 5.97 Å². The summed E-state index contributed by atoms with van der Waals surface area (Å²) in [5, 5.41) is 10.3. The van der Waals surface area contributed by atoms with Crippen LogP contribution in [0, 0.1) is 0 Å². The van der Waals surface area contributed by atoms with Gasteiger partial charge in [0.15, 0.2) is 5.76 Å². The molecule has 0 amide bonds. The predicted octanol–water partition coefficient (Wildman–Crippen LogP) is 0.372. The van der Waals surface area contributed by atoms with Crippen LogP contribution in [0.3, 0.4) is 0 Å². The highest BCUT2D eigenvalue weighted by molar-refractivity contribution is 5.84. The first-order chi connectivity index (χ1) is 5.25. The maximum atomic E-state index is 10.3. The summed E-state index contributed by atoms with van der Waals surface area (Å²) in [5.41, 5.74) is 0.597. The highest BCUT2D eigenvalue weighted by atomic mass is 16.4. The summed E-state index contributed by atoms with van der Waals surface area (Å²) in [4.78, 5) is 10.3. The molecule has 1 heterocycles. The lowest BCUT2D eigenvalue weighted by molar-refractivity contribution is -0.257. The molecule has 0 fully saturated rings. The number of hydrogen-bond acceptors (Lipinski definition) is 3. The molecule has 1 aromatic heterocycles. The number of aromatic carboxylic acids is 1. The summed E-state index contributed by atoms with van der Waals surface area (Å²) in [6, 6.07) is 1.59. The zero-order valence-corrected chi connectivity index (χ0v) is 5.87. The molecule has 0 aliphatic rings. The van der Waals surface area contributed by atoms with Gasteiger partial charge in [0.25, 0.3) is 0 Å². The molecule has 0 unspecified atom stereocenters. The van der Waals surface area contributed by atoms with Crippen LogP contribution >= 0.6 is 0 Å². The highest BCUT2D eigenvalue weighted by Crippen LogP contribution is 2.09. The van der Waals surface area contributed by atoms with Gasteiger partial charge in [-0.1, -0.05) is 6.08 Å². The lowest BCUT2D eigenvalue weighted by Gasteiger charge is -1.98. The molecule has 3 heteroatoms. The van der Waals surface area contributed by atoms with Crippen molar-refractivity contribution in [1.29, 1.82) is 0 Å². The Labute approximate surface area is 64.0 Å². The molecule has 0 aromatic carbocycles. The third-order valence-electron chi connectivity index (χ3n) is 1.30. The van der Waals surface area contributed by atoms with Crippen LogP contribution in [0.25, 0.3) is 0 Å². The first-order valence-electron chi connectivity index (χ1n) is 3.14. The van der Waals surface area contributed by atoms with Crippen molar-refractivity contribution >= 4 is 5.97 Å². The van der Waals surface area contributed by atoms with Crippen molar-refractivity contribution in [3.63, 3.8) is 0 Å². The number of carboxylic acid groups (broad SMARTS) is 1. The fourth-order valence-corrected chi connectivity index (χ4v) is 0.831. The fraction of sp³-hybridized carbons (Fsp3) is 0.125. The lowest BCUT2D eigenvalue weighted by atomic mass is 10.2. The molecule has 0 N–H and O–H groups in total. The van der Waals surface area contributed by atoms with Gasteiger partial charge in [-0.25, -0.2) is 0 Å². The Hall–Kier alpha value is -1.51. The SMILES string of the molecule is C=CCc1ccoc1C(=O)[O-]. The number of furan rings is 1. The first-order valence-corrected chi connectivity index (χ1v) is 3.14. The third kappa shape index (κ3) is 1.49. The Morgan fingerprint density at radius 1 is 1.82 bits per heavy atom. The molecule has 0 aliphatic carbocycles. The molecule has 0 radical (unpaired) electrons. The molecule has 1 rings (SSSR count). The van der Waals surface area contributed by atoms with E-state index in [0.717, 1.165) is 0 Å². The van der Waals surface area contributed by atoms with E-state index in [1.807, 2.05) is 0 Å². The summed E-state index contributed by atoms with van der Waals surface area (Å²) < 4.78 is 4.67. The molecule has 0 spiro atoms. The van der Waals surface area contributed by atoms with Crippen LogP contribution in [0.1, 0.15) is 16.1 Å². The van der Waals surface area contributed by atoms with Crippen LogP contribution in [0.4, 0.5) is 0 Å². The topological polar surface area (TPSA) is 53.3 Å². The zero-order valence-electron chi connectivity index (χ0n) is 5.87. The average Bonchev–Trinajstić information content (AvgIpc) is 2.36. The Kier molecular flexibility index (Phi) is 2.11. The molecule has 0 aliphatic heterocycles. The first kappa shape index (κ1) is 7.60. The van der Waals surface area contributed by atoms with Gasteiger partial charge in [0.05, 0.1) is 6.26 Å². The van der Waals surface area contributed by atoms with Crippen molar-refractivity contribution in [3.05, 3.63) is 36.3 Å². The second kappa shape index (κ2) is 3.05. The van der Waals surface area contributed by atoms with Gasteiger partial charge in [-0.05, 0) is 12.5 Å². The third-order valence-corrected chi connectivity index (χ3v) is 1.30. The van der Waals surface area contributed by atoms with Gasteiger partial charge in [0.2, 0.25) is 0 Å². The number of carbonyl (C=O) groups is 1. The second-order valence-corrected chi connectivity index (χ2v) is 2.06. The summed E-state index contributed by atoms with van der Waals surface area (Å²) >= 11 is 0. The average molecular weight is 151 g/mol. The summed E-state index contributed by atoms with van der Waals surface area (Å²) in [6.07, 6.45) is 3.42. The van der Waals surface area contributed by atoms with Crippen molar-refractivity contribution in [2.45, 2.75) is 6.42 Å². The van der Waals surface area contributed by atoms with Gasteiger partial charge in [-0.3, -0.25) is 0 Å². The number of rotatable bonds is 3. The van der Waals surface area contributed by atoms with Crippen molar-refractivity contribution in [2.24, 2.45) is 0 Å². The minimum absolute atomic E-state index is 0.107. The summed E-state index contributed by atoms with van der Waals surface area (Å²) in [5.74, 6) is -1.39. The zero-order chi connectivity index (χ0) is 8.27. The van der Waals surface area contributed by atoms with Crippen molar-refractivity contribution in [1.82, 2.24) is 0 Å². The van der Waals surface area contributed by atoms with E-state index in [9.17, 15) is 9.90 Å². The van der Waals surface area contributed by atoms with Crippen LogP contribution in [0.2, 0.25) is 0 Å². The van der Waals surface area contributed by atoms with E-state index in [0.29, 0.717) is 12.0 Å². The molecule has 1 aromatic rings. The lowest BCUT2D eigenvalue weighted by Crippen LogP contribution is -2.22. The van der Waals surface area contributed by atoms with E-state index in [2.05, 4.69) is 11.0 Å². The smallest absolute Gasteiger partial charge is 0.152 e. The quantitative estimate of drug-likeness (QED) is 0.586. The van der Waals surface area contributed by atoms with Gasteiger partial charge in [0, 0.05) is 5.56 Å². The molecule has 3 nitrogen and oxygen atoms in total. The largest absolute Gasteiger partial charge is 0.542 e. The number of carboxylic acids is 1. The van der Waals surface area contributed by atoms with Gasteiger partial charge >= 0.3 is 0 Å².